The lowest BCUT2D eigenvalue weighted by Gasteiger charge is -2.15. The third-order valence-electron chi connectivity index (χ3n) is 2.70. The Bertz CT molecular complexity index is 452. The molecule has 6 heteroatoms. The first kappa shape index (κ1) is 13.6. The average molecular weight is 282 g/mol. The zero-order chi connectivity index (χ0) is 12.8. The van der Waals surface area contributed by atoms with Crippen LogP contribution in [0.25, 0.3) is 0 Å². The molecule has 0 aromatic carbocycles. The topological polar surface area (TPSA) is 50.7 Å². The van der Waals surface area contributed by atoms with Crippen LogP contribution in [-0.4, -0.2) is 21.1 Å². The van der Waals surface area contributed by atoms with Crippen LogP contribution in [0.15, 0.2) is 11.6 Å². The second-order valence-corrected chi connectivity index (χ2v) is 5.84. The van der Waals surface area contributed by atoms with Gasteiger partial charge in [-0.25, -0.2) is 4.98 Å². The standard InChI is InChI=1S/C12H18N4S2/c1-3-5-9-12(18-16-15-9)10(13-4-2)8-11-14-6-7-17-11/h6-7,10,13H,3-5,8H2,1-2H3. The van der Waals surface area contributed by atoms with Gasteiger partial charge in [-0.15, -0.1) is 16.4 Å². The van der Waals surface area contributed by atoms with Crippen LogP contribution < -0.4 is 5.32 Å². The van der Waals surface area contributed by atoms with E-state index in [1.165, 1.54) is 16.4 Å². The van der Waals surface area contributed by atoms with Gasteiger partial charge in [0, 0.05) is 18.0 Å². The van der Waals surface area contributed by atoms with Crippen molar-refractivity contribution in [2.45, 2.75) is 39.2 Å². The van der Waals surface area contributed by atoms with Crippen molar-refractivity contribution in [3.05, 3.63) is 27.2 Å². The number of aryl methyl sites for hydroxylation is 1. The van der Waals surface area contributed by atoms with E-state index in [0.717, 1.165) is 36.5 Å². The Labute approximate surface area is 116 Å². The van der Waals surface area contributed by atoms with Gasteiger partial charge in [0.05, 0.1) is 21.6 Å². The maximum Gasteiger partial charge on any atom is 0.0944 e. The van der Waals surface area contributed by atoms with E-state index in [1.54, 1.807) is 11.3 Å². The van der Waals surface area contributed by atoms with Gasteiger partial charge in [0.2, 0.25) is 0 Å². The summed E-state index contributed by atoms with van der Waals surface area (Å²) in [6.07, 6.45) is 4.90. The molecule has 0 aliphatic carbocycles. The molecule has 2 heterocycles. The molecule has 4 nitrogen and oxygen atoms in total. The van der Waals surface area contributed by atoms with E-state index >= 15 is 0 Å². The van der Waals surface area contributed by atoms with Gasteiger partial charge in [-0.3, -0.25) is 0 Å². The first-order valence-electron chi connectivity index (χ1n) is 6.28. The molecule has 0 aliphatic rings. The Balaban J connectivity index is 2.15. The second kappa shape index (κ2) is 6.92. The van der Waals surface area contributed by atoms with Crippen LogP contribution in [0, 0.1) is 0 Å². The summed E-state index contributed by atoms with van der Waals surface area (Å²) in [4.78, 5) is 5.64. The third-order valence-corrected chi connectivity index (χ3v) is 4.38. The van der Waals surface area contributed by atoms with Gasteiger partial charge in [0.15, 0.2) is 0 Å². The van der Waals surface area contributed by atoms with Crippen LogP contribution in [0.3, 0.4) is 0 Å². The number of thiazole rings is 1. The van der Waals surface area contributed by atoms with Crippen LogP contribution in [0.2, 0.25) is 0 Å². The number of aromatic nitrogens is 3. The summed E-state index contributed by atoms with van der Waals surface area (Å²) in [5, 5.41) is 11.0. The lowest BCUT2D eigenvalue weighted by atomic mass is 10.1. The molecule has 2 rings (SSSR count). The maximum atomic E-state index is 4.37. The van der Waals surface area contributed by atoms with Crippen molar-refractivity contribution in [2.24, 2.45) is 0 Å². The Morgan fingerprint density at radius 1 is 1.39 bits per heavy atom. The number of rotatable bonds is 7. The Kier molecular flexibility index (Phi) is 5.22. The van der Waals surface area contributed by atoms with E-state index in [2.05, 4.69) is 33.7 Å². The van der Waals surface area contributed by atoms with E-state index in [1.807, 2.05) is 11.6 Å². The van der Waals surface area contributed by atoms with Gasteiger partial charge in [0.25, 0.3) is 0 Å². The van der Waals surface area contributed by atoms with E-state index < -0.39 is 0 Å². The van der Waals surface area contributed by atoms with Gasteiger partial charge in [-0.2, -0.15) is 0 Å². The Morgan fingerprint density at radius 2 is 2.28 bits per heavy atom. The van der Waals surface area contributed by atoms with Crippen LogP contribution in [0.4, 0.5) is 0 Å². The van der Waals surface area contributed by atoms with Crippen molar-refractivity contribution in [1.82, 2.24) is 19.9 Å². The quantitative estimate of drug-likeness (QED) is 0.848. The minimum atomic E-state index is 0.294. The number of nitrogens with one attached hydrogen (secondary N) is 1. The van der Waals surface area contributed by atoms with Crippen LogP contribution in [-0.2, 0) is 12.8 Å². The van der Waals surface area contributed by atoms with Crippen molar-refractivity contribution in [3.63, 3.8) is 0 Å². The molecule has 2 aromatic heterocycles. The molecule has 1 N–H and O–H groups in total. The molecule has 2 aromatic rings. The highest BCUT2D eigenvalue weighted by molar-refractivity contribution is 7.09. The normalized spacial score (nSPS) is 12.8. The molecule has 1 unspecified atom stereocenters. The zero-order valence-corrected chi connectivity index (χ0v) is 12.4. The Morgan fingerprint density at radius 3 is 2.94 bits per heavy atom. The van der Waals surface area contributed by atoms with Crippen molar-refractivity contribution < 1.29 is 0 Å². The summed E-state index contributed by atoms with van der Waals surface area (Å²) in [6, 6.07) is 0.294. The third kappa shape index (κ3) is 3.34. The van der Waals surface area contributed by atoms with Crippen molar-refractivity contribution >= 4 is 22.9 Å². The summed E-state index contributed by atoms with van der Waals surface area (Å²) in [6.45, 7) is 5.24. The fourth-order valence-corrected chi connectivity index (χ4v) is 3.36. The number of hydrogen-bond acceptors (Lipinski definition) is 6. The molecule has 0 bridgehead atoms. The van der Waals surface area contributed by atoms with E-state index in [4.69, 9.17) is 0 Å². The van der Waals surface area contributed by atoms with E-state index in [0.29, 0.717) is 6.04 Å². The number of likely N-dealkylation sites (N-methyl/N-ethyl adjacent to an activating group) is 1. The van der Waals surface area contributed by atoms with Gasteiger partial charge >= 0.3 is 0 Å². The van der Waals surface area contributed by atoms with Crippen LogP contribution in [0.5, 0.6) is 0 Å². The van der Waals surface area contributed by atoms with Gasteiger partial charge in [0.1, 0.15) is 0 Å². The minimum Gasteiger partial charge on any atom is -0.309 e. The van der Waals surface area contributed by atoms with Gasteiger partial charge < -0.3 is 5.32 Å². The van der Waals surface area contributed by atoms with E-state index in [9.17, 15) is 0 Å². The molecule has 0 aliphatic heterocycles. The highest BCUT2D eigenvalue weighted by atomic mass is 32.1. The predicted molar refractivity (Wildman–Crippen MR) is 76.1 cm³/mol. The molecular formula is C12H18N4S2. The molecule has 98 valence electrons. The van der Waals surface area contributed by atoms with Gasteiger partial charge in [-0.1, -0.05) is 24.8 Å². The van der Waals surface area contributed by atoms with Gasteiger partial charge in [-0.05, 0) is 24.5 Å². The van der Waals surface area contributed by atoms with Crippen LogP contribution >= 0.6 is 22.9 Å². The van der Waals surface area contributed by atoms with Crippen molar-refractivity contribution in [1.29, 1.82) is 0 Å². The number of hydrogen-bond donors (Lipinski definition) is 1. The highest BCUT2D eigenvalue weighted by Crippen LogP contribution is 2.25. The fourth-order valence-electron chi connectivity index (χ4n) is 1.92. The molecule has 18 heavy (non-hydrogen) atoms. The lowest BCUT2D eigenvalue weighted by Crippen LogP contribution is -2.23. The predicted octanol–water partition coefficient (Wildman–Crippen LogP) is 2.84. The SMILES string of the molecule is CCCc1nnsc1C(Cc1nccs1)NCC. The first-order valence-corrected chi connectivity index (χ1v) is 7.93. The molecule has 0 saturated heterocycles. The summed E-state index contributed by atoms with van der Waals surface area (Å²) >= 11 is 3.22. The summed E-state index contributed by atoms with van der Waals surface area (Å²) in [5.74, 6) is 0. The molecular weight excluding hydrogens is 264 g/mol. The molecule has 1 atom stereocenters. The zero-order valence-electron chi connectivity index (χ0n) is 10.7. The monoisotopic (exact) mass is 282 g/mol. The smallest absolute Gasteiger partial charge is 0.0944 e. The molecule has 0 radical (unpaired) electrons. The van der Waals surface area contributed by atoms with E-state index in [-0.39, 0.29) is 0 Å². The minimum absolute atomic E-state index is 0.294. The largest absolute Gasteiger partial charge is 0.309 e. The summed E-state index contributed by atoms with van der Waals surface area (Å²) < 4.78 is 4.11. The van der Waals surface area contributed by atoms with Crippen LogP contribution in [0.1, 0.15) is 41.9 Å². The second-order valence-electron chi connectivity index (χ2n) is 4.07. The molecule has 0 saturated carbocycles. The summed E-state index contributed by atoms with van der Waals surface area (Å²) in [7, 11) is 0. The lowest BCUT2D eigenvalue weighted by molar-refractivity contribution is 0.550. The number of nitrogens with zero attached hydrogens (tertiary/aromatic N) is 3. The maximum absolute atomic E-state index is 4.37. The molecule has 0 amide bonds. The molecule has 0 spiro atoms. The van der Waals surface area contributed by atoms with Crippen molar-refractivity contribution in [3.8, 4) is 0 Å². The Hall–Kier alpha value is -0.850. The fraction of sp³-hybridized carbons (Fsp3) is 0.583. The first-order chi connectivity index (χ1) is 8.85. The van der Waals surface area contributed by atoms with Crippen molar-refractivity contribution in [2.75, 3.05) is 6.54 Å². The summed E-state index contributed by atoms with van der Waals surface area (Å²) in [5.41, 5.74) is 1.14. The molecule has 0 fully saturated rings. The highest BCUT2D eigenvalue weighted by Gasteiger charge is 2.19. The average Bonchev–Trinajstić information content (AvgIpc) is 3.00.